The maximum absolute atomic E-state index is 13.5. The Hall–Kier alpha value is -2.67. The van der Waals surface area contributed by atoms with Crippen LogP contribution in [0.3, 0.4) is 0 Å². The van der Waals surface area contributed by atoms with Crippen LogP contribution in [0.2, 0.25) is 0 Å². The van der Waals surface area contributed by atoms with Gasteiger partial charge in [0.15, 0.2) is 11.0 Å². The minimum Gasteiger partial charge on any atom is -0.348 e. The van der Waals surface area contributed by atoms with Gasteiger partial charge in [0.1, 0.15) is 5.82 Å². The lowest BCUT2D eigenvalue weighted by Gasteiger charge is -2.55. The Bertz CT molecular complexity index is 1160. The van der Waals surface area contributed by atoms with E-state index in [0.29, 0.717) is 18.8 Å². The van der Waals surface area contributed by atoms with E-state index in [1.54, 1.807) is 23.9 Å². The van der Waals surface area contributed by atoms with Crippen LogP contribution in [-0.4, -0.2) is 20.7 Å². The Morgan fingerprint density at radius 3 is 2.26 bits per heavy atom. The van der Waals surface area contributed by atoms with Crippen LogP contribution in [0.15, 0.2) is 59.8 Å². The van der Waals surface area contributed by atoms with Crippen molar-refractivity contribution in [2.45, 2.75) is 62.5 Å². The number of carbonyl (C=O) groups excluding carboxylic acids is 1. The first-order chi connectivity index (χ1) is 17.1. The molecule has 3 aromatic rings. The van der Waals surface area contributed by atoms with E-state index in [9.17, 15) is 9.18 Å². The molecule has 7 rings (SSSR count). The van der Waals surface area contributed by atoms with Gasteiger partial charge in [-0.05, 0) is 79.5 Å². The van der Waals surface area contributed by atoms with Crippen molar-refractivity contribution in [1.82, 2.24) is 20.1 Å². The first kappa shape index (κ1) is 22.8. The van der Waals surface area contributed by atoms with E-state index in [1.165, 1.54) is 31.4 Å². The second kappa shape index (κ2) is 9.41. The van der Waals surface area contributed by atoms with Crippen LogP contribution in [0, 0.1) is 29.0 Å². The molecule has 4 saturated carbocycles. The van der Waals surface area contributed by atoms with Gasteiger partial charge in [-0.25, -0.2) is 4.39 Å². The fraction of sp³-hybridized carbons (Fsp3) is 0.464. The predicted octanol–water partition coefficient (Wildman–Crippen LogP) is 5.59. The molecule has 1 N–H and O–H groups in total. The molecule has 5 nitrogen and oxygen atoms in total. The van der Waals surface area contributed by atoms with Gasteiger partial charge < -0.3 is 9.88 Å². The zero-order valence-electron chi connectivity index (χ0n) is 19.8. The van der Waals surface area contributed by atoms with Crippen molar-refractivity contribution < 1.29 is 9.18 Å². The summed E-state index contributed by atoms with van der Waals surface area (Å²) >= 11 is 1.58. The van der Waals surface area contributed by atoms with Crippen LogP contribution < -0.4 is 5.32 Å². The minimum atomic E-state index is -0.233. The third-order valence-corrected chi connectivity index (χ3v) is 9.22. The monoisotopic (exact) mass is 490 g/mol. The highest BCUT2D eigenvalue weighted by Crippen LogP contribution is 2.60. The van der Waals surface area contributed by atoms with Crippen molar-refractivity contribution >= 4 is 17.7 Å². The zero-order valence-corrected chi connectivity index (χ0v) is 20.6. The Morgan fingerprint density at radius 2 is 1.60 bits per heavy atom. The summed E-state index contributed by atoms with van der Waals surface area (Å²) in [5, 5.41) is 13.0. The number of hydrogen-bond acceptors (Lipinski definition) is 4. The van der Waals surface area contributed by atoms with Gasteiger partial charge in [-0.15, -0.1) is 10.2 Å². The molecule has 7 heteroatoms. The SMILES string of the molecule is O=C(NCc1nnc(SCc2ccc(F)cc2)n1Cc1ccccc1)C12CC3CC(CC(C3)C1)C2. The number of nitrogens with one attached hydrogen (secondary N) is 1. The van der Waals surface area contributed by atoms with Gasteiger partial charge in [-0.2, -0.15) is 0 Å². The van der Waals surface area contributed by atoms with E-state index in [-0.39, 0.29) is 17.1 Å². The van der Waals surface area contributed by atoms with Gasteiger partial charge in [-0.3, -0.25) is 4.79 Å². The summed E-state index contributed by atoms with van der Waals surface area (Å²) in [4.78, 5) is 13.5. The van der Waals surface area contributed by atoms with E-state index < -0.39 is 0 Å². The highest BCUT2D eigenvalue weighted by molar-refractivity contribution is 7.98. The van der Waals surface area contributed by atoms with Crippen LogP contribution in [0.4, 0.5) is 4.39 Å². The van der Waals surface area contributed by atoms with E-state index >= 15 is 0 Å². The largest absolute Gasteiger partial charge is 0.348 e. The lowest BCUT2D eigenvalue weighted by atomic mass is 9.49. The third kappa shape index (κ3) is 4.75. The quantitative estimate of drug-likeness (QED) is 0.418. The maximum Gasteiger partial charge on any atom is 0.226 e. The van der Waals surface area contributed by atoms with Crippen molar-refractivity contribution in [3.8, 4) is 0 Å². The molecule has 2 aromatic carbocycles. The fourth-order valence-corrected chi connectivity index (χ4v) is 7.86. The molecule has 4 aliphatic carbocycles. The molecular weight excluding hydrogens is 459 g/mol. The van der Waals surface area contributed by atoms with Crippen LogP contribution >= 0.6 is 11.8 Å². The zero-order chi connectivity index (χ0) is 23.8. The first-order valence-electron chi connectivity index (χ1n) is 12.7. The number of carbonyl (C=O) groups is 1. The predicted molar refractivity (Wildman–Crippen MR) is 134 cm³/mol. The molecular formula is C28H31FN4OS. The molecule has 1 amide bonds. The lowest BCUT2D eigenvalue weighted by molar-refractivity contribution is -0.146. The summed E-state index contributed by atoms with van der Waals surface area (Å²) in [5.74, 6) is 3.64. The van der Waals surface area contributed by atoms with E-state index in [0.717, 1.165) is 59.1 Å². The molecule has 0 radical (unpaired) electrons. The van der Waals surface area contributed by atoms with Crippen molar-refractivity contribution in [3.05, 3.63) is 77.4 Å². The molecule has 0 saturated heterocycles. The molecule has 1 heterocycles. The highest BCUT2D eigenvalue weighted by Gasteiger charge is 2.54. The number of hydrogen-bond donors (Lipinski definition) is 1. The Labute approximate surface area is 209 Å². The average Bonchev–Trinajstić information content (AvgIpc) is 3.23. The van der Waals surface area contributed by atoms with Gasteiger partial charge >= 0.3 is 0 Å². The second-order valence-corrected chi connectivity index (χ2v) is 11.7. The lowest BCUT2D eigenvalue weighted by Crippen LogP contribution is -2.53. The number of amides is 1. The molecule has 0 spiro atoms. The molecule has 1 aromatic heterocycles. The van der Waals surface area contributed by atoms with E-state index in [1.807, 2.05) is 18.2 Å². The van der Waals surface area contributed by atoms with E-state index in [4.69, 9.17) is 0 Å². The summed E-state index contributed by atoms with van der Waals surface area (Å²) in [7, 11) is 0. The summed E-state index contributed by atoms with van der Waals surface area (Å²) in [6, 6.07) is 16.8. The average molecular weight is 491 g/mol. The second-order valence-electron chi connectivity index (χ2n) is 10.8. The number of benzene rings is 2. The van der Waals surface area contributed by atoms with Crippen molar-refractivity contribution in [1.29, 1.82) is 0 Å². The molecule has 0 aliphatic heterocycles. The van der Waals surface area contributed by atoms with Gasteiger partial charge in [0, 0.05) is 11.2 Å². The van der Waals surface area contributed by atoms with Gasteiger partial charge in [0.2, 0.25) is 5.91 Å². The Morgan fingerprint density at radius 1 is 0.943 bits per heavy atom. The van der Waals surface area contributed by atoms with Crippen molar-refractivity contribution in [3.63, 3.8) is 0 Å². The molecule has 4 bridgehead atoms. The molecule has 182 valence electrons. The Balaban J connectivity index is 1.18. The van der Waals surface area contributed by atoms with Crippen LogP contribution in [-0.2, 0) is 23.6 Å². The first-order valence-corrected chi connectivity index (χ1v) is 13.7. The van der Waals surface area contributed by atoms with Gasteiger partial charge in [0.05, 0.1) is 13.1 Å². The number of halogens is 1. The standard InChI is InChI=1S/C28H31FN4OS/c29-24-8-6-20(7-9-24)18-35-27-32-31-25(33(27)17-19-4-2-1-3-5-19)16-30-26(34)28-13-21-10-22(14-28)12-23(11-21)15-28/h1-9,21-23H,10-18H2,(H,30,34). The minimum absolute atomic E-state index is 0.167. The third-order valence-electron chi connectivity index (χ3n) is 8.19. The molecule has 35 heavy (non-hydrogen) atoms. The van der Waals surface area contributed by atoms with Crippen LogP contribution in [0.5, 0.6) is 0 Å². The summed E-state index contributed by atoms with van der Waals surface area (Å²) in [6.45, 7) is 1.03. The van der Waals surface area contributed by atoms with Gasteiger partial charge in [-0.1, -0.05) is 54.2 Å². The molecule has 0 unspecified atom stereocenters. The van der Waals surface area contributed by atoms with E-state index in [2.05, 4.69) is 32.2 Å². The van der Waals surface area contributed by atoms with Crippen LogP contribution in [0.1, 0.15) is 55.5 Å². The number of aromatic nitrogens is 3. The smallest absolute Gasteiger partial charge is 0.226 e. The number of nitrogens with zero attached hydrogens (tertiary/aromatic N) is 3. The molecule has 0 atom stereocenters. The highest BCUT2D eigenvalue weighted by atomic mass is 32.2. The normalized spacial score (nSPS) is 26.7. The maximum atomic E-state index is 13.5. The molecule has 4 fully saturated rings. The number of thioether (sulfide) groups is 1. The fourth-order valence-electron chi connectivity index (χ4n) is 6.95. The topological polar surface area (TPSA) is 59.8 Å². The van der Waals surface area contributed by atoms with Crippen molar-refractivity contribution in [2.24, 2.45) is 23.2 Å². The summed E-state index contributed by atoms with van der Waals surface area (Å²) in [5.41, 5.74) is 2.02. The van der Waals surface area contributed by atoms with Gasteiger partial charge in [0.25, 0.3) is 0 Å². The molecule has 4 aliphatic rings. The summed E-state index contributed by atoms with van der Waals surface area (Å²) < 4.78 is 15.4. The van der Waals surface area contributed by atoms with Crippen LogP contribution in [0.25, 0.3) is 0 Å². The summed E-state index contributed by atoms with van der Waals surface area (Å²) in [6.07, 6.45) is 7.15. The Kier molecular flexibility index (Phi) is 6.13. The number of rotatable bonds is 8. The van der Waals surface area contributed by atoms with Crippen molar-refractivity contribution in [2.75, 3.05) is 0 Å².